The van der Waals surface area contributed by atoms with Gasteiger partial charge in [-0.25, -0.2) is 0 Å². The molecule has 0 saturated carbocycles. The van der Waals surface area contributed by atoms with E-state index in [1.807, 2.05) is 20.8 Å². The topological polar surface area (TPSA) is 102 Å². The zero-order chi connectivity index (χ0) is 81.8. The van der Waals surface area contributed by atoms with E-state index in [0.717, 1.165) is 57.5 Å². The number of nitrogens with two attached hydrogens (primary N) is 1. The summed E-state index contributed by atoms with van der Waals surface area (Å²) < 4.78 is 49.5. The van der Waals surface area contributed by atoms with Crippen molar-refractivity contribution in [3.8, 4) is 0 Å². The molecule has 0 bridgehead atoms. The predicted octanol–water partition coefficient (Wildman–Crippen LogP) is 28.8. The Labute approximate surface area is 637 Å². The molecule has 0 fully saturated rings. The van der Waals surface area contributed by atoms with Crippen molar-refractivity contribution in [1.29, 1.82) is 0 Å². The fourth-order valence-corrected chi connectivity index (χ4v) is 12.9. The van der Waals surface area contributed by atoms with Crippen LogP contribution in [0.3, 0.4) is 0 Å². The summed E-state index contributed by atoms with van der Waals surface area (Å²) in [6.07, 6.45) is 8.35. The van der Waals surface area contributed by atoms with Gasteiger partial charge < -0.3 is 25.2 Å². The molecule has 0 heterocycles. The van der Waals surface area contributed by atoms with E-state index in [1.54, 1.807) is 35.0 Å². The van der Waals surface area contributed by atoms with Gasteiger partial charge in [-0.2, -0.15) is 13.2 Å². The Hall–Kier alpha value is -3.89. The van der Waals surface area contributed by atoms with Crippen molar-refractivity contribution >= 4 is 17.6 Å². The first-order valence-corrected chi connectivity index (χ1v) is 39.3. The number of carbonyl (C=O) groups is 2. The van der Waals surface area contributed by atoms with Crippen LogP contribution in [0.1, 0.15) is 362 Å². The van der Waals surface area contributed by atoms with E-state index in [1.165, 1.54) is 48.1 Å². The molecule has 103 heavy (non-hydrogen) atoms. The molecule has 602 valence electrons. The van der Waals surface area contributed by atoms with Crippen LogP contribution in [0, 0.1) is 82.7 Å². The Balaban J connectivity index is -0.00000119. The van der Waals surface area contributed by atoms with E-state index in [0.29, 0.717) is 39.9 Å². The molecule has 0 aromatic heterocycles. The number of rotatable bonds is 23. The first-order chi connectivity index (χ1) is 45.7. The molecule has 0 saturated heterocycles. The molecule has 0 aliphatic carbocycles. The summed E-state index contributed by atoms with van der Waals surface area (Å²) in [5, 5.41) is 8.75. The SMILES string of the molecule is CC(C)(C)CC(C(C)(C)C)C(F)(F)F.CC(C)(C)CC(C(N)=O)C(C)(C)C.CC(C)(C)CCN(CCC(C)(C)C)c1ccc(CCCC(=O)O)cc1.CC(C)(C)[C@H](c1ccccc1)[C@H](c1ccccc1)C(C)(C)C.CC(CCC(C)(C)C)CCC(C)(C)C.COC(CC(C)(C)C)(CC(C)(C)C)OC. The van der Waals surface area contributed by atoms with Gasteiger partial charge in [0.15, 0.2) is 5.79 Å². The molecule has 0 spiro atoms. The molecule has 7 nitrogen and oxygen atoms in total. The van der Waals surface area contributed by atoms with Crippen LogP contribution in [-0.2, 0) is 25.5 Å². The number of anilines is 1. The van der Waals surface area contributed by atoms with E-state index >= 15 is 0 Å². The molecule has 3 aromatic rings. The summed E-state index contributed by atoms with van der Waals surface area (Å²) in [7, 11) is 3.47. The van der Waals surface area contributed by atoms with Crippen molar-refractivity contribution < 1.29 is 37.3 Å². The minimum atomic E-state index is -4.09. The summed E-state index contributed by atoms with van der Waals surface area (Å²) in [4.78, 5) is 24.4. The molecule has 0 radical (unpaired) electrons. The lowest BCUT2D eigenvalue weighted by Crippen LogP contribution is -2.41. The first kappa shape index (κ1) is 103. The summed E-state index contributed by atoms with van der Waals surface area (Å²) in [6.45, 7) is 82.9. The highest BCUT2D eigenvalue weighted by Crippen LogP contribution is 2.53. The van der Waals surface area contributed by atoms with Gasteiger partial charge >= 0.3 is 12.1 Å². The zero-order valence-electron chi connectivity index (χ0n) is 74.8. The van der Waals surface area contributed by atoms with Crippen LogP contribution >= 0.6 is 0 Å². The van der Waals surface area contributed by atoms with Gasteiger partial charge in [0.1, 0.15) is 0 Å². The Morgan fingerprint density at radius 1 is 0.437 bits per heavy atom. The van der Waals surface area contributed by atoms with Crippen molar-refractivity contribution in [3.63, 3.8) is 0 Å². The monoisotopic (exact) mass is 1450 g/mol. The highest BCUT2D eigenvalue weighted by Gasteiger charge is 2.48. The molecular formula is C93H169F3N2O5. The fraction of sp³-hybridized carbons (Fsp3) is 0.785. The summed E-state index contributed by atoms with van der Waals surface area (Å²) >= 11 is 0. The van der Waals surface area contributed by atoms with Crippen LogP contribution in [0.4, 0.5) is 18.9 Å². The molecule has 3 rings (SSSR count). The number of carbonyl (C=O) groups excluding carboxylic acids is 1. The number of primary amides is 1. The summed E-state index contributed by atoms with van der Waals surface area (Å²) in [6, 6.07) is 30.7. The lowest BCUT2D eigenvalue weighted by atomic mass is 9.60. The largest absolute Gasteiger partial charge is 0.481 e. The van der Waals surface area contributed by atoms with E-state index in [-0.39, 0.29) is 62.6 Å². The third-order valence-corrected chi connectivity index (χ3v) is 18.5. The zero-order valence-corrected chi connectivity index (χ0v) is 74.8. The molecule has 3 N–H and O–H groups in total. The van der Waals surface area contributed by atoms with Crippen molar-refractivity contribution in [2.24, 2.45) is 88.5 Å². The molecule has 0 aliphatic heterocycles. The van der Waals surface area contributed by atoms with E-state index in [2.05, 4.69) is 304 Å². The number of nitrogens with zero attached hydrogens (tertiary/aromatic N) is 1. The summed E-state index contributed by atoms with van der Waals surface area (Å²) in [5.41, 5.74) is 12.4. The maximum absolute atomic E-state index is 12.7. The van der Waals surface area contributed by atoms with Crippen LogP contribution < -0.4 is 10.6 Å². The van der Waals surface area contributed by atoms with Gasteiger partial charge in [-0.05, 0) is 163 Å². The molecular weight excluding hydrogens is 1280 g/mol. The summed E-state index contributed by atoms with van der Waals surface area (Å²) in [5.74, 6) is -0.742. The van der Waals surface area contributed by atoms with Crippen molar-refractivity contribution in [2.45, 2.75) is 363 Å². The molecule has 4 atom stereocenters. The number of halogens is 3. The third kappa shape index (κ3) is 53.5. The molecule has 0 aliphatic rings. The maximum atomic E-state index is 12.7. The van der Waals surface area contributed by atoms with Crippen molar-refractivity contribution in [2.75, 3.05) is 32.2 Å². The van der Waals surface area contributed by atoms with Crippen LogP contribution in [0.5, 0.6) is 0 Å². The number of carboxylic acids is 1. The number of ether oxygens (including phenoxy) is 2. The number of aliphatic carboxylic acids is 1. The highest BCUT2D eigenvalue weighted by atomic mass is 19.4. The number of methoxy groups -OCH3 is 2. The van der Waals surface area contributed by atoms with E-state index in [4.69, 9.17) is 20.3 Å². The maximum Gasteiger partial charge on any atom is 0.392 e. The van der Waals surface area contributed by atoms with Gasteiger partial charge in [-0.1, -0.05) is 342 Å². The lowest BCUT2D eigenvalue weighted by molar-refractivity contribution is -0.237. The van der Waals surface area contributed by atoms with E-state index in [9.17, 15) is 22.8 Å². The normalized spacial score (nSPS) is 14.5. The second kappa shape index (κ2) is 42.8. The van der Waals surface area contributed by atoms with Crippen LogP contribution in [0.2, 0.25) is 0 Å². The van der Waals surface area contributed by atoms with E-state index < -0.39 is 29.3 Å². The first-order valence-electron chi connectivity index (χ1n) is 39.3. The standard InChI is InChI=1S/C22H37NO2.C22H30.C14H30.C13H28O2.C11H21F3.C11H23NO/c1-21(2,3)14-16-23(17-15-22(4,5)6)19-12-10-18(11-13-19)8-7-9-20(24)25;1-21(2,3)19(17-13-9-7-10-14-17)20(22(4,5)6)18-15-11-8-12-16-18;1-12(8-10-13(2,3)4)9-11-14(5,6)7;1-11(2,3)9-13(14-7,15-8)10-12(4,5)6;1-9(2,3)7-8(10(4,5)6)11(12,13)14;1-10(2,3)7-8(9(12)13)11(4,5)6/h10-13H,7-9,14-17H2,1-6H3,(H,24,25);7-16,19-20H,1-6H3;12H,8-11H2,1-7H3;9-10H2,1-8H3;8H,7H2,1-6H3;8H,7H2,1-6H3,(H2,12,13)/t;19-,20+;;;;. The minimum Gasteiger partial charge on any atom is -0.481 e. The average molecular weight is 1450 g/mol. The van der Waals surface area contributed by atoms with Gasteiger partial charge in [0.25, 0.3) is 0 Å². The van der Waals surface area contributed by atoms with Gasteiger partial charge in [-0.3, -0.25) is 9.59 Å². The minimum absolute atomic E-state index is 0.0287. The third-order valence-electron chi connectivity index (χ3n) is 18.5. The average Bonchev–Trinajstić information content (AvgIpc) is 0.776. The Morgan fingerprint density at radius 2 is 0.767 bits per heavy atom. The van der Waals surface area contributed by atoms with Gasteiger partial charge in [0.05, 0.1) is 5.92 Å². The smallest absolute Gasteiger partial charge is 0.392 e. The van der Waals surface area contributed by atoms with Crippen LogP contribution in [-0.4, -0.2) is 56.3 Å². The van der Waals surface area contributed by atoms with Crippen molar-refractivity contribution in [3.05, 3.63) is 102 Å². The second-order valence-corrected chi connectivity index (χ2v) is 44.4. The number of hydrogen-bond acceptors (Lipinski definition) is 5. The van der Waals surface area contributed by atoms with Crippen LogP contribution in [0.15, 0.2) is 84.9 Å². The number of benzene rings is 3. The number of aryl methyl sites for hydroxylation is 1. The Bertz CT molecular complexity index is 2590. The van der Waals surface area contributed by atoms with Crippen molar-refractivity contribution in [1.82, 2.24) is 0 Å². The molecule has 2 unspecified atom stereocenters. The number of hydrogen-bond donors (Lipinski definition) is 2. The second-order valence-electron chi connectivity index (χ2n) is 44.4. The van der Waals surface area contributed by atoms with Gasteiger partial charge in [-0.15, -0.1) is 0 Å². The van der Waals surface area contributed by atoms with Gasteiger partial charge in [0.2, 0.25) is 5.91 Å². The number of carboxylic acid groups (broad SMARTS) is 1. The Morgan fingerprint density at radius 3 is 0.981 bits per heavy atom. The Kier molecular flexibility index (Phi) is 42.9. The quantitative estimate of drug-likeness (QED) is 0.0917. The lowest BCUT2D eigenvalue weighted by Gasteiger charge is -2.44. The molecule has 1 amide bonds. The molecule has 3 aromatic carbocycles. The van der Waals surface area contributed by atoms with Gasteiger partial charge in [0, 0.05) is 58.2 Å². The number of alkyl halides is 3. The fourth-order valence-electron chi connectivity index (χ4n) is 12.9. The molecule has 10 heteroatoms. The highest BCUT2D eigenvalue weighted by molar-refractivity contribution is 5.77. The van der Waals surface area contributed by atoms with Crippen LogP contribution in [0.25, 0.3) is 0 Å². The number of amides is 1. The predicted molar refractivity (Wildman–Crippen MR) is 445 cm³/mol.